The molecule has 8 aromatic rings. The molecule has 24 heteroatoms. The first-order chi connectivity index (χ1) is 53.2. The minimum atomic E-state index is -1.08. The quantitative estimate of drug-likeness (QED) is 0.0597. The van der Waals surface area contributed by atoms with Gasteiger partial charge in [0.15, 0.2) is 80.5 Å². The van der Waals surface area contributed by atoms with Crippen molar-refractivity contribution in [3.8, 4) is 171 Å². The van der Waals surface area contributed by atoms with Crippen LogP contribution in [-0.4, -0.2) is 156 Å². The van der Waals surface area contributed by atoms with Crippen LogP contribution in [0, 0.1) is 29.6 Å². The van der Waals surface area contributed by atoms with Crippen molar-refractivity contribution in [2.45, 2.75) is 111 Å². The lowest BCUT2D eigenvalue weighted by Crippen LogP contribution is -2.38. The second kappa shape index (κ2) is 33.9. The summed E-state index contributed by atoms with van der Waals surface area (Å²) in [5.41, 5.74) is 11.9. The first kappa shape index (κ1) is 81.3. The molecule has 0 bridgehead atoms. The Bertz CT molecular complexity index is 4660. The summed E-state index contributed by atoms with van der Waals surface area (Å²) in [4.78, 5) is 0. The molecule has 0 saturated carbocycles. The van der Waals surface area contributed by atoms with Crippen LogP contribution in [-0.2, 0) is 44.9 Å². The summed E-state index contributed by atoms with van der Waals surface area (Å²) < 4.78 is 109. The Hall–Kier alpha value is -10.7. The van der Waals surface area contributed by atoms with Crippen LogP contribution in [0.2, 0.25) is 0 Å². The third kappa shape index (κ3) is 15.4. The van der Waals surface area contributed by atoms with Crippen LogP contribution in [0.3, 0.4) is 0 Å². The molecule has 24 nitrogen and oxygen atoms in total. The maximum Gasteiger partial charge on any atom is 0.231 e. The predicted molar refractivity (Wildman–Crippen MR) is 420 cm³/mol. The zero-order valence-electron chi connectivity index (χ0n) is 67.5. The number of benzene rings is 8. The van der Waals surface area contributed by atoms with Gasteiger partial charge in [-0.05, 0) is 180 Å². The molecule has 0 spiro atoms. The first-order valence-electron chi connectivity index (χ1n) is 37.0. The largest absolute Gasteiger partial charge is 0.508 e. The molecule has 0 aromatic heterocycles. The average Bonchev–Trinajstić information content (AvgIpc) is 1.71. The van der Waals surface area contributed by atoms with Gasteiger partial charge < -0.3 is 116 Å². The van der Waals surface area contributed by atoms with Gasteiger partial charge in [-0.2, -0.15) is 0 Å². The normalized spacial score (nSPS) is 19.8. The van der Waals surface area contributed by atoms with Crippen LogP contribution in [0.4, 0.5) is 0 Å². The number of ether oxygens (including phenoxy) is 19. The van der Waals surface area contributed by atoms with Crippen LogP contribution < -0.4 is 90.0 Å². The second-order valence-corrected chi connectivity index (χ2v) is 29.2. The van der Waals surface area contributed by atoms with Crippen molar-refractivity contribution in [1.82, 2.24) is 0 Å². The monoisotopic (exact) mass is 1530 g/mol. The van der Waals surface area contributed by atoms with Crippen molar-refractivity contribution in [3.05, 3.63) is 106 Å². The number of phenols is 3. The van der Waals surface area contributed by atoms with Gasteiger partial charge in [0.1, 0.15) is 23.7 Å². The molecular formula is C87H106O24. The number of aromatic hydroxyl groups is 3. The first-order valence-corrected chi connectivity index (χ1v) is 37.0. The molecule has 0 saturated heterocycles. The molecule has 0 fully saturated rings. The maximum atomic E-state index is 11.3. The highest BCUT2D eigenvalue weighted by molar-refractivity contribution is 5.92. The molecule has 3 aliphatic heterocycles. The Morgan fingerprint density at radius 3 is 1.05 bits per heavy atom. The molecule has 111 heavy (non-hydrogen) atoms. The fraction of sp³-hybridized carbons (Fsp3) is 0.448. The van der Waals surface area contributed by atoms with E-state index in [4.69, 9.17) is 90.0 Å². The summed E-state index contributed by atoms with van der Waals surface area (Å²) in [6.07, 6.45) is 5.37. The topological polar surface area (TPSA) is 277 Å². The molecular weight excluding hydrogens is 1430 g/mol. The van der Waals surface area contributed by atoms with E-state index in [1.54, 1.807) is 106 Å². The molecule has 5 N–H and O–H groups in total. The van der Waals surface area contributed by atoms with E-state index in [1.165, 1.54) is 24.3 Å². The molecule has 14 rings (SSSR count). The highest BCUT2D eigenvalue weighted by Crippen LogP contribution is 2.61. The van der Waals surface area contributed by atoms with Gasteiger partial charge in [0, 0.05) is 57.9 Å². The van der Waals surface area contributed by atoms with Gasteiger partial charge in [0.05, 0.1) is 105 Å². The van der Waals surface area contributed by atoms with E-state index in [2.05, 4.69) is 39.8 Å². The minimum Gasteiger partial charge on any atom is -0.508 e. The molecule has 7 atom stereocenters. The van der Waals surface area contributed by atoms with E-state index in [1.807, 2.05) is 45.0 Å². The van der Waals surface area contributed by atoms with E-state index in [9.17, 15) is 25.5 Å². The fourth-order valence-electron chi connectivity index (χ4n) is 15.9. The summed E-state index contributed by atoms with van der Waals surface area (Å²) in [6, 6.07) is 19.7. The van der Waals surface area contributed by atoms with Gasteiger partial charge >= 0.3 is 0 Å². The fourth-order valence-corrected chi connectivity index (χ4v) is 15.9. The van der Waals surface area contributed by atoms with Crippen molar-refractivity contribution in [2.75, 3.05) is 120 Å². The summed E-state index contributed by atoms with van der Waals surface area (Å²) >= 11 is 0. The maximum absolute atomic E-state index is 11.3. The van der Waals surface area contributed by atoms with Crippen molar-refractivity contribution >= 4 is 0 Å². The van der Waals surface area contributed by atoms with Gasteiger partial charge in [-0.25, -0.2) is 0 Å². The van der Waals surface area contributed by atoms with Crippen LogP contribution in [0.1, 0.15) is 93.8 Å². The van der Waals surface area contributed by atoms with Crippen LogP contribution in [0.25, 0.3) is 44.5 Å². The van der Waals surface area contributed by atoms with Gasteiger partial charge in [-0.15, -0.1) is 0 Å². The number of rotatable bonds is 15. The Balaban J connectivity index is 0.000000147. The van der Waals surface area contributed by atoms with E-state index in [-0.39, 0.29) is 43.4 Å². The lowest BCUT2D eigenvalue weighted by Gasteiger charge is -2.35. The van der Waals surface area contributed by atoms with Crippen LogP contribution in [0.5, 0.6) is 126 Å². The van der Waals surface area contributed by atoms with Gasteiger partial charge in [-0.3, -0.25) is 0 Å². The van der Waals surface area contributed by atoms with Crippen molar-refractivity contribution < 1.29 is 116 Å². The second-order valence-electron chi connectivity index (χ2n) is 29.2. The lowest BCUT2D eigenvalue weighted by molar-refractivity contribution is -0.00850. The molecule has 0 radical (unpaired) electrons. The highest BCUT2D eigenvalue weighted by Gasteiger charge is 2.41. The van der Waals surface area contributed by atoms with E-state index in [0.717, 1.165) is 104 Å². The van der Waals surface area contributed by atoms with E-state index in [0.29, 0.717) is 164 Å². The third-order valence-electron chi connectivity index (χ3n) is 22.6. The number of aliphatic hydroxyl groups is 2. The van der Waals surface area contributed by atoms with E-state index >= 15 is 0 Å². The number of methoxy groups -OCH3 is 14. The SMILES string of the molecule is CCC1(O)COc2cc(O)ccc2-c2cc(O)c(O)cc2C1.COc1cc2c(c(OC)c1OC)-c1c(cc(OC)c(OC)c1OC)C[C@H](C)[C@H](C)C2.COc1cc2c(c(OC)c1OC)-c1c(cc3c(c1OC)OCO3)CC(C)C(C)C2.COc1cc2c(c(OC)c1OC)-c1c(cc3c(c1OC)OCO3)C[C@H](C)[C@@](C)(O)C2. The van der Waals surface area contributed by atoms with Crippen molar-refractivity contribution in [3.63, 3.8) is 0 Å². The number of fused-ring (bicyclic) bond motifs is 14. The number of phenolic OH excluding ortho intramolecular Hbond substituents is 3. The highest BCUT2D eigenvalue weighted by atomic mass is 16.7. The summed E-state index contributed by atoms with van der Waals surface area (Å²) in [7, 11) is 22.8. The Labute approximate surface area is 649 Å². The van der Waals surface area contributed by atoms with Crippen LogP contribution >= 0.6 is 0 Å². The van der Waals surface area contributed by atoms with Crippen LogP contribution in [0.15, 0.2) is 66.7 Å². The summed E-state index contributed by atoms with van der Waals surface area (Å²) in [5, 5.41) is 51.2. The lowest BCUT2D eigenvalue weighted by atomic mass is 9.75. The molecule has 3 heterocycles. The molecule has 8 aromatic carbocycles. The Kier molecular flexibility index (Phi) is 24.8. The Morgan fingerprint density at radius 1 is 0.342 bits per heavy atom. The van der Waals surface area contributed by atoms with Crippen molar-refractivity contribution in [1.29, 1.82) is 0 Å². The van der Waals surface area contributed by atoms with E-state index < -0.39 is 11.2 Å². The Morgan fingerprint density at radius 2 is 0.685 bits per heavy atom. The average molecular weight is 1540 g/mol. The van der Waals surface area contributed by atoms with Gasteiger partial charge in [0.2, 0.25) is 48.1 Å². The molecule has 6 aliphatic rings. The summed E-state index contributed by atoms with van der Waals surface area (Å²) in [5.74, 6) is 12.8. The smallest absolute Gasteiger partial charge is 0.231 e. The third-order valence-corrected chi connectivity index (χ3v) is 22.6. The van der Waals surface area contributed by atoms with Crippen molar-refractivity contribution in [2.24, 2.45) is 29.6 Å². The molecule has 0 amide bonds. The minimum absolute atomic E-state index is 0.0198. The molecule has 598 valence electrons. The molecule has 3 unspecified atom stereocenters. The zero-order chi connectivity index (χ0) is 80.2. The van der Waals surface area contributed by atoms with Gasteiger partial charge in [-0.1, -0.05) is 41.5 Å². The van der Waals surface area contributed by atoms with Gasteiger partial charge in [0.25, 0.3) is 0 Å². The number of hydrogen-bond acceptors (Lipinski definition) is 24. The zero-order valence-corrected chi connectivity index (χ0v) is 67.5. The summed E-state index contributed by atoms with van der Waals surface area (Å²) in [6.45, 7) is 15.3. The predicted octanol–water partition coefficient (Wildman–Crippen LogP) is 15.4. The standard InChI is InChI=1S/C24H32O6.C23H28O7.C23H28O6.C17H18O5/c1-13-9-15-11-17(25-3)21(27-5)23(29-7)19(15)20-16(10-14(13)2)12-18(26-4)22(28-6)24(20)30-8;1-12-7-13-8-16-20(30-11-29-16)22(28-6)17(13)18-14(10-23(12,2)24)9-15(25-3)19(26-4)21(18)27-5;1-12-7-14-9-16(24-3)20(25-4)22(26-5)18(14)19-15(8-13(12)2)10-17-21(23(19)27-6)29-11-28-17;1-2-17(21)8-10-5-14(19)15(20)7-13(10)12-4-3-11(18)6-16(12)22-9-17/h11-14H,9-10H2,1-8H3;8-9,12,24H,7,10-11H2,1-6H3;9-10,12-13H,7-8,11H2,1-6H3;3-7,18-21H,2,8-9H2,1H3/t13-,14+;12-,23-;;/m.0../s1. The number of hydrogen-bond donors (Lipinski definition) is 5. The molecule has 3 aliphatic carbocycles.